The van der Waals surface area contributed by atoms with Crippen LogP contribution >= 0.6 is 0 Å². The van der Waals surface area contributed by atoms with Crippen molar-refractivity contribution in [1.82, 2.24) is 14.5 Å². The van der Waals surface area contributed by atoms with Crippen LogP contribution in [0.1, 0.15) is 41.3 Å². The SMILES string of the molecule is COCN1C(C)=C(C(=O)OC)C(c2cccc([N+](=O)[O-])c2)C(C(=O)OCCOC(=O)c2ccc(Cn3ccnc3)cc2)=C1C. The fourth-order valence-electron chi connectivity index (χ4n) is 4.99. The number of rotatable bonds is 12. The topological polar surface area (TPSA) is 152 Å². The number of hydrogen-bond acceptors (Lipinski definition) is 11. The maximum Gasteiger partial charge on any atom is 0.338 e. The number of hydrogen-bond donors (Lipinski definition) is 0. The number of esters is 3. The summed E-state index contributed by atoms with van der Waals surface area (Å²) in [7, 11) is 2.67. The van der Waals surface area contributed by atoms with Gasteiger partial charge in [-0.3, -0.25) is 10.1 Å². The third kappa shape index (κ3) is 7.01. The highest BCUT2D eigenvalue weighted by atomic mass is 16.6. The highest BCUT2D eigenvalue weighted by molar-refractivity contribution is 6.00. The van der Waals surface area contributed by atoms with E-state index in [2.05, 4.69) is 4.98 Å². The lowest BCUT2D eigenvalue weighted by molar-refractivity contribution is -0.384. The maximum atomic E-state index is 13.6. The molecule has 2 aromatic carbocycles. The molecule has 0 fully saturated rings. The predicted octanol–water partition coefficient (Wildman–Crippen LogP) is 3.96. The van der Waals surface area contributed by atoms with E-state index in [4.69, 9.17) is 18.9 Å². The Bertz CT molecular complexity index is 1590. The number of methoxy groups -OCH3 is 2. The van der Waals surface area contributed by atoms with Crippen molar-refractivity contribution < 1.29 is 38.3 Å². The Morgan fingerprint density at radius 1 is 0.932 bits per heavy atom. The Hall–Kier alpha value is -5.30. The monoisotopic (exact) mass is 604 g/mol. The molecule has 0 radical (unpaired) electrons. The smallest absolute Gasteiger partial charge is 0.338 e. The lowest BCUT2D eigenvalue weighted by atomic mass is 9.79. The molecule has 0 N–H and O–H groups in total. The van der Waals surface area contributed by atoms with E-state index < -0.39 is 28.7 Å². The third-order valence-corrected chi connectivity index (χ3v) is 7.13. The van der Waals surface area contributed by atoms with Crippen molar-refractivity contribution in [2.24, 2.45) is 0 Å². The minimum absolute atomic E-state index is 0.00925. The number of allylic oxidation sites excluding steroid dienone is 2. The lowest BCUT2D eigenvalue weighted by Gasteiger charge is -2.37. The molecule has 1 unspecified atom stereocenters. The minimum Gasteiger partial charge on any atom is -0.466 e. The number of benzene rings is 2. The van der Waals surface area contributed by atoms with Crippen molar-refractivity contribution in [3.63, 3.8) is 0 Å². The molecule has 1 aliphatic rings. The molecule has 0 saturated carbocycles. The Morgan fingerprint density at radius 3 is 2.18 bits per heavy atom. The standard InChI is InChI=1S/C31H32N4O9/c1-20-26(30(37)42-4)28(24-6-5-7-25(16-24)35(39)40)27(21(2)34(20)19-41-3)31(38)44-15-14-43-29(36)23-10-8-22(9-11-23)17-33-13-12-32-18-33/h5-13,16,18,28H,14-15,17,19H2,1-4H3. The average molecular weight is 605 g/mol. The first-order valence-electron chi connectivity index (χ1n) is 13.6. The highest BCUT2D eigenvalue weighted by Crippen LogP contribution is 2.43. The number of ether oxygens (including phenoxy) is 4. The van der Waals surface area contributed by atoms with Crippen LogP contribution in [0.15, 0.2) is 89.8 Å². The van der Waals surface area contributed by atoms with Gasteiger partial charge in [0.05, 0.1) is 41.0 Å². The first kappa shape index (κ1) is 31.6. The van der Waals surface area contributed by atoms with Gasteiger partial charge < -0.3 is 28.4 Å². The van der Waals surface area contributed by atoms with E-state index in [1.54, 1.807) is 49.5 Å². The van der Waals surface area contributed by atoms with Crippen molar-refractivity contribution in [2.75, 3.05) is 34.2 Å². The normalized spacial score (nSPS) is 14.8. The van der Waals surface area contributed by atoms with Gasteiger partial charge in [0.2, 0.25) is 0 Å². The van der Waals surface area contributed by atoms with Crippen molar-refractivity contribution in [3.8, 4) is 0 Å². The van der Waals surface area contributed by atoms with E-state index in [1.807, 2.05) is 22.9 Å². The van der Waals surface area contributed by atoms with Crippen LogP contribution in [-0.2, 0) is 35.1 Å². The fourth-order valence-corrected chi connectivity index (χ4v) is 4.99. The molecule has 13 nitrogen and oxygen atoms in total. The van der Waals surface area contributed by atoms with Crippen molar-refractivity contribution in [3.05, 3.63) is 117 Å². The Labute approximate surface area is 253 Å². The summed E-state index contributed by atoms with van der Waals surface area (Å²) >= 11 is 0. The molecule has 13 heteroatoms. The van der Waals surface area contributed by atoms with Crippen molar-refractivity contribution >= 4 is 23.6 Å². The van der Waals surface area contributed by atoms with Crippen LogP contribution in [-0.4, -0.2) is 71.4 Å². The van der Waals surface area contributed by atoms with Gasteiger partial charge in [0.25, 0.3) is 5.69 Å². The molecule has 0 saturated heterocycles. The number of nitro benzene ring substituents is 1. The molecule has 2 heterocycles. The second-order valence-corrected chi connectivity index (χ2v) is 9.82. The molecule has 0 spiro atoms. The molecule has 0 aliphatic carbocycles. The van der Waals surface area contributed by atoms with Gasteiger partial charge in [0, 0.05) is 49.6 Å². The maximum absolute atomic E-state index is 13.6. The number of imidazole rings is 1. The van der Waals surface area contributed by atoms with Gasteiger partial charge >= 0.3 is 17.9 Å². The third-order valence-electron chi connectivity index (χ3n) is 7.13. The summed E-state index contributed by atoms with van der Waals surface area (Å²) in [5, 5.41) is 11.5. The van der Waals surface area contributed by atoms with Crippen LogP contribution in [0.5, 0.6) is 0 Å². The first-order valence-corrected chi connectivity index (χ1v) is 13.6. The van der Waals surface area contributed by atoms with Gasteiger partial charge in [0.1, 0.15) is 19.9 Å². The molecule has 0 amide bonds. The van der Waals surface area contributed by atoms with E-state index in [0.717, 1.165) is 5.56 Å². The Morgan fingerprint density at radius 2 is 1.59 bits per heavy atom. The molecule has 0 bridgehead atoms. The zero-order valence-corrected chi connectivity index (χ0v) is 24.7. The van der Waals surface area contributed by atoms with Gasteiger partial charge in [-0.1, -0.05) is 24.3 Å². The van der Waals surface area contributed by atoms with E-state index >= 15 is 0 Å². The molecule has 44 heavy (non-hydrogen) atoms. The summed E-state index contributed by atoms with van der Waals surface area (Å²) < 4.78 is 23.1. The largest absolute Gasteiger partial charge is 0.466 e. The quantitative estimate of drug-likeness (QED) is 0.0971. The molecule has 1 atom stereocenters. The Kier molecular flexibility index (Phi) is 10.2. The summed E-state index contributed by atoms with van der Waals surface area (Å²) in [4.78, 5) is 55.8. The number of carbonyl (C=O) groups excluding carboxylic acids is 3. The molecule has 230 valence electrons. The van der Waals surface area contributed by atoms with E-state index in [0.29, 0.717) is 29.1 Å². The summed E-state index contributed by atoms with van der Waals surface area (Å²) in [6, 6.07) is 12.6. The molecule has 4 rings (SSSR count). The number of aromatic nitrogens is 2. The zero-order chi connectivity index (χ0) is 31.8. The minimum atomic E-state index is -1.04. The number of non-ortho nitro benzene ring substituents is 1. The van der Waals surface area contributed by atoms with E-state index in [-0.39, 0.29) is 36.8 Å². The van der Waals surface area contributed by atoms with Crippen LogP contribution < -0.4 is 0 Å². The van der Waals surface area contributed by atoms with Gasteiger partial charge in [-0.2, -0.15) is 0 Å². The molecule has 1 aliphatic heterocycles. The number of nitro groups is 1. The van der Waals surface area contributed by atoms with Crippen LogP contribution in [0.3, 0.4) is 0 Å². The zero-order valence-electron chi connectivity index (χ0n) is 24.7. The molecular formula is C31H32N4O9. The summed E-state index contributed by atoms with van der Waals surface area (Å²) in [5.41, 5.74) is 2.46. The van der Waals surface area contributed by atoms with Gasteiger partial charge in [-0.05, 0) is 37.1 Å². The van der Waals surface area contributed by atoms with Gasteiger partial charge in [-0.25, -0.2) is 19.4 Å². The van der Waals surface area contributed by atoms with E-state index in [9.17, 15) is 24.5 Å². The molecule has 1 aromatic heterocycles. The van der Waals surface area contributed by atoms with Crippen molar-refractivity contribution in [2.45, 2.75) is 26.3 Å². The molecule has 3 aromatic rings. The Balaban J connectivity index is 1.51. The first-order chi connectivity index (χ1) is 21.2. The second-order valence-electron chi connectivity index (χ2n) is 9.82. The highest BCUT2D eigenvalue weighted by Gasteiger charge is 2.41. The molecular weight excluding hydrogens is 572 g/mol. The lowest BCUT2D eigenvalue weighted by Crippen LogP contribution is -2.36. The van der Waals surface area contributed by atoms with Crippen LogP contribution in [0, 0.1) is 10.1 Å². The van der Waals surface area contributed by atoms with Gasteiger partial charge in [0.15, 0.2) is 0 Å². The number of nitrogens with zero attached hydrogens (tertiary/aromatic N) is 4. The average Bonchev–Trinajstić information content (AvgIpc) is 3.54. The number of carbonyl (C=O) groups is 3. The summed E-state index contributed by atoms with van der Waals surface area (Å²) in [6.07, 6.45) is 5.22. The van der Waals surface area contributed by atoms with Crippen LogP contribution in [0.4, 0.5) is 5.69 Å². The van der Waals surface area contributed by atoms with E-state index in [1.165, 1.54) is 32.4 Å². The van der Waals surface area contributed by atoms with Crippen LogP contribution in [0.2, 0.25) is 0 Å². The van der Waals surface area contributed by atoms with Crippen molar-refractivity contribution in [1.29, 1.82) is 0 Å². The summed E-state index contributed by atoms with van der Waals surface area (Å²) in [6.45, 7) is 3.44. The predicted molar refractivity (Wildman–Crippen MR) is 156 cm³/mol. The van der Waals surface area contributed by atoms with Crippen LogP contribution in [0.25, 0.3) is 0 Å². The summed E-state index contributed by atoms with van der Waals surface area (Å²) in [5.74, 6) is -3.14. The van der Waals surface area contributed by atoms with Gasteiger partial charge in [-0.15, -0.1) is 0 Å². The second kappa shape index (κ2) is 14.2. The fraction of sp³-hybridized carbons (Fsp3) is 0.290.